The number of aliphatic hydroxyl groups excluding tert-OH is 1. The van der Waals surface area contributed by atoms with Crippen molar-refractivity contribution in [3.05, 3.63) is 54.6 Å². The van der Waals surface area contributed by atoms with Crippen molar-refractivity contribution >= 4 is 23.4 Å². The number of para-hydroxylation sites is 1. The zero-order chi connectivity index (χ0) is 26.5. The van der Waals surface area contributed by atoms with E-state index in [0.717, 1.165) is 31.4 Å². The Morgan fingerprint density at radius 3 is 2.39 bits per heavy atom. The number of hydrogen-bond donors (Lipinski definition) is 1. The molecule has 6 rings (SSSR count). The second-order valence-corrected chi connectivity index (χ2v) is 11.5. The van der Waals surface area contributed by atoms with Gasteiger partial charge in [-0.3, -0.25) is 14.4 Å². The summed E-state index contributed by atoms with van der Waals surface area (Å²) in [6.07, 6.45) is 13.4. The van der Waals surface area contributed by atoms with E-state index in [1.165, 1.54) is 6.42 Å². The molecule has 1 aliphatic carbocycles. The van der Waals surface area contributed by atoms with Crippen LogP contribution in [0.1, 0.15) is 45.4 Å². The first-order valence-corrected chi connectivity index (χ1v) is 14.0. The zero-order valence-electron chi connectivity index (χ0n) is 22.0. The Morgan fingerprint density at radius 1 is 0.921 bits per heavy atom. The van der Waals surface area contributed by atoms with E-state index in [1.807, 2.05) is 66.5 Å². The highest BCUT2D eigenvalue weighted by molar-refractivity contribution is 6.04. The second kappa shape index (κ2) is 9.65. The van der Waals surface area contributed by atoms with Gasteiger partial charge in [-0.05, 0) is 38.3 Å². The van der Waals surface area contributed by atoms with Crippen molar-refractivity contribution in [1.82, 2.24) is 9.80 Å². The molecule has 8 heteroatoms. The smallest absolute Gasteiger partial charge is 0.249 e. The third-order valence-corrected chi connectivity index (χ3v) is 9.23. The molecule has 0 bridgehead atoms. The van der Waals surface area contributed by atoms with Crippen LogP contribution in [0.2, 0.25) is 0 Å². The molecule has 1 saturated carbocycles. The second-order valence-electron chi connectivity index (χ2n) is 11.5. The van der Waals surface area contributed by atoms with Crippen LogP contribution in [0, 0.1) is 11.8 Å². The number of fused-ring (bicyclic) bond motifs is 2. The van der Waals surface area contributed by atoms with Gasteiger partial charge in [-0.15, -0.1) is 0 Å². The third kappa shape index (κ3) is 3.75. The first-order chi connectivity index (χ1) is 18.4. The van der Waals surface area contributed by atoms with E-state index in [0.29, 0.717) is 19.5 Å². The number of carbonyl (C=O) groups excluding carboxylic acids is 3. The maximum absolute atomic E-state index is 14.4. The Kier molecular flexibility index (Phi) is 6.43. The molecule has 1 unspecified atom stereocenters. The van der Waals surface area contributed by atoms with E-state index in [9.17, 15) is 19.5 Å². The molecule has 202 valence electrons. The normalized spacial score (nSPS) is 35.3. The van der Waals surface area contributed by atoms with Crippen LogP contribution in [-0.4, -0.2) is 82.2 Å². The van der Waals surface area contributed by atoms with Crippen molar-refractivity contribution in [2.75, 3.05) is 31.1 Å². The lowest BCUT2D eigenvalue weighted by molar-refractivity contribution is -0.152. The molecule has 1 N–H and O–H groups in total. The molecule has 1 aromatic carbocycles. The van der Waals surface area contributed by atoms with Crippen LogP contribution < -0.4 is 4.90 Å². The van der Waals surface area contributed by atoms with Gasteiger partial charge in [0.25, 0.3) is 0 Å². The minimum atomic E-state index is -1.24. The number of anilines is 1. The highest BCUT2D eigenvalue weighted by Crippen LogP contribution is 2.57. The number of carbonyl (C=O) groups is 3. The van der Waals surface area contributed by atoms with Crippen molar-refractivity contribution in [3.8, 4) is 0 Å². The summed E-state index contributed by atoms with van der Waals surface area (Å²) in [6, 6.07) is 8.76. The molecule has 0 aromatic heterocycles. The maximum atomic E-state index is 14.4. The van der Waals surface area contributed by atoms with E-state index < -0.39 is 29.1 Å². The molecule has 5 aliphatic rings. The summed E-state index contributed by atoms with van der Waals surface area (Å²) in [4.78, 5) is 48.1. The lowest BCUT2D eigenvalue weighted by Crippen LogP contribution is -2.57. The number of benzene rings is 1. The fraction of sp³-hybridized carbons (Fsp3) is 0.567. The molecule has 38 heavy (non-hydrogen) atoms. The zero-order valence-corrected chi connectivity index (χ0v) is 22.0. The van der Waals surface area contributed by atoms with Gasteiger partial charge in [0.2, 0.25) is 17.7 Å². The lowest BCUT2D eigenvalue weighted by atomic mass is 9.74. The average Bonchev–Trinajstić information content (AvgIpc) is 3.19. The average molecular weight is 520 g/mol. The van der Waals surface area contributed by atoms with Gasteiger partial charge in [-0.25, -0.2) is 0 Å². The monoisotopic (exact) mass is 519 g/mol. The first-order valence-electron chi connectivity index (χ1n) is 14.0. The Hall–Kier alpha value is -2.97. The minimum Gasteiger partial charge on any atom is -0.396 e. The van der Waals surface area contributed by atoms with E-state index in [1.54, 1.807) is 9.80 Å². The molecule has 3 fully saturated rings. The summed E-state index contributed by atoms with van der Waals surface area (Å²) in [5, 5.41) is 9.61. The SMILES string of the molecule is C[C@@]12C=CCN(c3ccccc3)C(=O)[C@@H]1[C@H]1C(=O)N(CCCO)C3C(=O)N(C4CCCCC4)CC=C[C@@]31O2. The molecule has 5 atom stereocenters. The molecule has 1 aromatic rings. The van der Waals surface area contributed by atoms with Gasteiger partial charge < -0.3 is 24.5 Å². The summed E-state index contributed by atoms with van der Waals surface area (Å²) in [7, 11) is 0. The standard InChI is InChI=1S/C30H37N3O5/c1-29-15-8-17-31(21-11-4-2-5-12-21)26(35)23(29)24-27(36)33(19-10-20-34)25-28(37)32(22-13-6-3-7-14-22)18-9-16-30(24,25)38-29/h2,4-5,8-9,11-12,15-16,22-25,34H,3,6-7,10,13-14,17-20H2,1H3/t23-,24-,25?,29+,30-/m0/s1. The number of aliphatic hydroxyl groups is 1. The predicted molar refractivity (Wildman–Crippen MR) is 142 cm³/mol. The predicted octanol–water partition coefficient (Wildman–Crippen LogP) is 2.67. The van der Waals surface area contributed by atoms with Gasteiger partial charge in [-0.2, -0.15) is 0 Å². The van der Waals surface area contributed by atoms with Crippen LogP contribution in [0.25, 0.3) is 0 Å². The molecule has 4 aliphatic heterocycles. The van der Waals surface area contributed by atoms with Gasteiger partial charge in [-0.1, -0.05) is 61.8 Å². The topological polar surface area (TPSA) is 90.4 Å². The van der Waals surface area contributed by atoms with Gasteiger partial charge >= 0.3 is 0 Å². The molecule has 1 spiro atoms. The van der Waals surface area contributed by atoms with Crippen molar-refractivity contribution < 1.29 is 24.2 Å². The number of amides is 3. The molecule has 4 heterocycles. The van der Waals surface area contributed by atoms with Gasteiger partial charge in [0, 0.05) is 38.0 Å². The molecule has 3 amide bonds. The highest BCUT2D eigenvalue weighted by atomic mass is 16.5. The van der Waals surface area contributed by atoms with Crippen LogP contribution in [-0.2, 0) is 19.1 Å². The molecule has 0 radical (unpaired) electrons. The first kappa shape index (κ1) is 25.3. The number of hydrogen-bond acceptors (Lipinski definition) is 5. The quantitative estimate of drug-likeness (QED) is 0.604. The number of rotatable bonds is 5. The van der Waals surface area contributed by atoms with Gasteiger partial charge in [0.15, 0.2) is 0 Å². The van der Waals surface area contributed by atoms with Crippen LogP contribution in [0.3, 0.4) is 0 Å². The van der Waals surface area contributed by atoms with Crippen LogP contribution >= 0.6 is 0 Å². The Balaban J connectivity index is 1.44. The van der Waals surface area contributed by atoms with Gasteiger partial charge in [0.1, 0.15) is 11.6 Å². The van der Waals surface area contributed by atoms with Crippen molar-refractivity contribution in [2.24, 2.45) is 11.8 Å². The van der Waals surface area contributed by atoms with Crippen molar-refractivity contribution in [1.29, 1.82) is 0 Å². The minimum absolute atomic E-state index is 0.0873. The Labute approximate surface area is 223 Å². The van der Waals surface area contributed by atoms with Crippen molar-refractivity contribution in [2.45, 2.75) is 68.7 Å². The fourth-order valence-corrected chi connectivity index (χ4v) is 7.58. The van der Waals surface area contributed by atoms with Crippen LogP contribution in [0.15, 0.2) is 54.6 Å². The molecular formula is C30H37N3O5. The third-order valence-electron chi connectivity index (χ3n) is 9.23. The largest absolute Gasteiger partial charge is 0.396 e. The van der Waals surface area contributed by atoms with E-state index >= 15 is 0 Å². The molecule has 2 saturated heterocycles. The fourth-order valence-electron chi connectivity index (χ4n) is 7.58. The van der Waals surface area contributed by atoms with E-state index in [-0.39, 0.29) is 36.9 Å². The van der Waals surface area contributed by atoms with Crippen LogP contribution in [0.5, 0.6) is 0 Å². The van der Waals surface area contributed by atoms with Gasteiger partial charge in [0.05, 0.1) is 17.4 Å². The van der Waals surface area contributed by atoms with Crippen LogP contribution in [0.4, 0.5) is 5.69 Å². The summed E-state index contributed by atoms with van der Waals surface area (Å²) in [5.41, 5.74) is -1.51. The number of nitrogens with zero attached hydrogens (tertiary/aromatic N) is 3. The highest BCUT2D eigenvalue weighted by Gasteiger charge is 2.74. The molecular weight excluding hydrogens is 482 g/mol. The Morgan fingerprint density at radius 2 is 1.66 bits per heavy atom. The maximum Gasteiger partial charge on any atom is 0.249 e. The summed E-state index contributed by atoms with van der Waals surface area (Å²) in [6.45, 7) is 2.89. The number of likely N-dealkylation sites (tertiary alicyclic amines) is 1. The van der Waals surface area contributed by atoms with E-state index in [4.69, 9.17) is 4.74 Å². The molecule has 8 nitrogen and oxygen atoms in total. The summed E-state index contributed by atoms with van der Waals surface area (Å²) >= 11 is 0. The number of ether oxygens (including phenoxy) is 1. The Bertz CT molecular complexity index is 1160. The summed E-state index contributed by atoms with van der Waals surface area (Å²) < 4.78 is 6.88. The summed E-state index contributed by atoms with van der Waals surface area (Å²) in [5.74, 6) is -2.13. The van der Waals surface area contributed by atoms with E-state index in [2.05, 4.69) is 0 Å². The van der Waals surface area contributed by atoms with Crippen molar-refractivity contribution in [3.63, 3.8) is 0 Å². The lowest BCUT2D eigenvalue weighted by Gasteiger charge is -2.40.